The van der Waals surface area contributed by atoms with Crippen LogP contribution in [0.2, 0.25) is 0 Å². The Bertz CT molecular complexity index is 1190. The second kappa shape index (κ2) is 9.50. The average molecular weight is 491 g/mol. The van der Waals surface area contributed by atoms with E-state index in [1.807, 2.05) is 24.4 Å². The van der Waals surface area contributed by atoms with Crippen molar-refractivity contribution in [3.63, 3.8) is 0 Å². The zero-order valence-corrected chi connectivity index (χ0v) is 20.9. The molecule has 1 aliphatic rings. The molecule has 0 radical (unpaired) electrons. The number of hydrogen-bond acceptors (Lipinski definition) is 8. The minimum absolute atomic E-state index is 0.0795. The van der Waals surface area contributed by atoms with E-state index in [4.69, 9.17) is 9.47 Å². The molecule has 2 heterocycles. The predicted molar refractivity (Wildman–Crippen MR) is 124 cm³/mol. The molecule has 33 heavy (non-hydrogen) atoms. The molecule has 1 aliphatic heterocycles. The quantitative estimate of drug-likeness (QED) is 0.572. The van der Waals surface area contributed by atoms with Crippen LogP contribution in [-0.4, -0.2) is 51.0 Å². The highest BCUT2D eigenvalue weighted by molar-refractivity contribution is 7.89. The fraction of sp³-hybridized carbons (Fsp3) is 0.304. The van der Waals surface area contributed by atoms with E-state index in [9.17, 15) is 18.0 Å². The molecule has 0 amide bonds. The summed E-state index contributed by atoms with van der Waals surface area (Å²) in [5.41, 5.74) is 1.92. The number of carbonyl (C=O) groups is 2. The maximum absolute atomic E-state index is 13.4. The van der Waals surface area contributed by atoms with Gasteiger partial charge < -0.3 is 9.47 Å². The molecule has 0 saturated heterocycles. The van der Waals surface area contributed by atoms with Crippen molar-refractivity contribution in [2.45, 2.75) is 31.6 Å². The van der Waals surface area contributed by atoms with Crippen LogP contribution in [0.4, 0.5) is 0 Å². The van der Waals surface area contributed by atoms with Gasteiger partial charge in [0.05, 0.1) is 36.2 Å². The van der Waals surface area contributed by atoms with Gasteiger partial charge in [0.15, 0.2) is 0 Å². The maximum atomic E-state index is 13.4. The lowest BCUT2D eigenvalue weighted by Crippen LogP contribution is -2.46. The number of esters is 2. The van der Waals surface area contributed by atoms with Crippen LogP contribution in [0.3, 0.4) is 0 Å². The predicted octanol–water partition coefficient (Wildman–Crippen LogP) is 3.59. The van der Waals surface area contributed by atoms with Crippen molar-refractivity contribution in [3.8, 4) is 0 Å². The van der Waals surface area contributed by atoms with Crippen molar-refractivity contribution in [2.24, 2.45) is 0 Å². The van der Waals surface area contributed by atoms with E-state index >= 15 is 0 Å². The number of sulfonamides is 1. The van der Waals surface area contributed by atoms with E-state index in [2.05, 4.69) is 0 Å². The highest BCUT2D eigenvalue weighted by atomic mass is 32.2. The molecular formula is C23H26N2O6S2. The number of nitrogens with zero attached hydrogens (tertiary/aromatic N) is 2. The third-order valence-corrected chi connectivity index (χ3v) is 8.24. The summed E-state index contributed by atoms with van der Waals surface area (Å²) in [6.45, 7) is 5.12. The van der Waals surface area contributed by atoms with Crippen molar-refractivity contribution in [1.82, 2.24) is 9.42 Å². The first-order valence-corrected chi connectivity index (χ1v) is 12.3. The molecule has 8 nitrogen and oxygen atoms in total. The smallest absolute Gasteiger partial charge is 0.336 e. The SMILES string of the molecule is COC(=O)C1=C(C)N(N(C)S(=O)(=O)c2ccc(C)cc2)C(C)=C(C(=O)OC)C1c1cccs1. The van der Waals surface area contributed by atoms with Crippen LogP contribution in [-0.2, 0) is 29.1 Å². The van der Waals surface area contributed by atoms with Gasteiger partial charge in [0.2, 0.25) is 0 Å². The van der Waals surface area contributed by atoms with Crippen LogP contribution in [0, 0.1) is 6.92 Å². The first-order valence-electron chi connectivity index (χ1n) is 10.0. The summed E-state index contributed by atoms with van der Waals surface area (Å²) in [5, 5.41) is 3.18. The Morgan fingerprint density at radius 3 is 1.88 bits per heavy atom. The van der Waals surface area contributed by atoms with Gasteiger partial charge in [0, 0.05) is 23.3 Å². The number of rotatable bonds is 6. The van der Waals surface area contributed by atoms with Gasteiger partial charge in [-0.1, -0.05) is 23.8 Å². The van der Waals surface area contributed by atoms with E-state index in [1.54, 1.807) is 26.0 Å². The molecule has 0 aliphatic carbocycles. The van der Waals surface area contributed by atoms with E-state index in [0.717, 1.165) is 14.9 Å². The Kier molecular flexibility index (Phi) is 7.11. The molecule has 0 fully saturated rings. The third-order valence-electron chi connectivity index (χ3n) is 5.58. The van der Waals surface area contributed by atoms with Crippen LogP contribution < -0.4 is 0 Å². The number of allylic oxidation sites excluding steroid dienone is 2. The van der Waals surface area contributed by atoms with Gasteiger partial charge in [-0.2, -0.15) is 0 Å². The van der Waals surface area contributed by atoms with Gasteiger partial charge in [-0.25, -0.2) is 18.0 Å². The van der Waals surface area contributed by atoms with Crippen LogP contribution in [0.5, 0.6) is 0 Å². The van der Waals surface area contributed by atoms with Gasteiger partial charge in [0.1, 0.15) is 0 Å². The van der Waals surface area contributed by atoms with Crippen molar-refractivity contribution >= 4 is 33.3 Å². The Morgan fingerprint density at radius 2 is 1.45 bits per heavy atom. The van der Waals surface area contributed by atoms with E-state index in [0.29, 0.717) is 11.4 Å². The molecular weight excluding hydrogens is 464 g/mol. The van der Waals surface area contributed by atoms with Crippen LogP contribution in [0.15, 0.2) is 69.2 Å². The van der Waals surface area contributed by atoms with Gasteiger partial charge in [-0.3, -0.25) is 5.01 Å². The number of ether oxygens (including phenoxy) is 2. The second-order valence-corrected chi connectivity index (χ2v) is 10.4. The summed E-state index contributed by atoms with van der Waals surface area (Å²) in [6.07, 6.45) is 0. The lowest BCUT2D eigenvalue weighted by molar-refractivity contribution is -0.137. The lowest BCUT2D eigenvalue weighted by atomic mass is 9.84. The summed E-state index contributed by atoms with van der Waals surface area (Å²) in [6, 6.07) is 10.1. The first-order chi connectivity index (χ1) is 15.6. The third kappa shape index (κ3) is 4.33. The number of aryl methyl sites for hydroxylation is 1. The molecule has 0 bridgehead atoms. The maximum Gasteiger partial charge on any atom is 0.336 e. The summed E-state index contributed by atoms with van der Waals surface area (Å²) < 4.78 is 38.0. The molecule has 0 unspecified atom stereocenters. The average Bonchev–Trinajstić information content (AvgIpc) is 3.32. The molecule has 1 aromatic heterocycles. The Morgan fingerprint density at radius 1 is 0.939 bits per heavy atom. The molecule has 2 aromatic rings. The number of carbonyl (C=O) groups excluding carboxylic acids is 2. The number of hydrogen-bond donors (Lipinski definition) is 0. The Balaban J connectivity index is 2.26. The van der Waals surface area contributed by atoms with Crippen LogP contribution in [0.1, 0.15) is 30.2 Å². The highest BCUT2D eigenvalue weighted by Gasteiger charge is 2.43. The monoisotopic (exact) mass is 490 g/mol. The van der Waals surface area contributed by atoms with Crippen molar-refractivity contribution in [2.75, 3.05) is 21.3 Å². The fourth-order valence-electron chi connectivity index (χ4n) is 3.93. The summed E-state index contributed by atoms with van der Waals surface area (Å²) in [5.74, 6) is -2.08. The summed E-state index contributed by atoms with van der Waals surface area (Å²) in [7, 11) is -0.154. The fourth-order valence-corrected chi connectivity index (χ4v) is 6.01. The van der Waals surface area contributed by atoms with Gasteiger partial charge >= 0.3 is 11.9 Å². The summed E-state index contributed by atoms with van der Waals surface area (Å²) >= 11 is 1.38. The van der Waals surface area contributed by atoms with Crippen LogP contribution in [0.25, 0.3) is 0 Å². The zero-order chi connectivity index (χ0) is 24.5. The summed E-state index contributed by atoms with van der Waals surface area (Å²) in [4.78, 5) is 26.7. The molecule has 0 atom stereocenters. The molecule has 10 heteroatoms. The second-order valence-electron chi connectivity index (χ2n) is 7.49. The Hall–Kier alpha value is -2.95. The van der Waals surface area contributed by atoms with Crippen LogP contribution >= 0.6 is 11.3 Å². The van der Waals surface area contributed by atoms with Gasteiger partial charge in [-0.15, -0.1) is 15.8 Å². The molecule has 0 N–H and O–H groups in total. The Labute approximate surface area is 197 Å². The van der Waals surface area contributed by atoms with E-state index < -0.39 is 27.9 Å². The van der Waals surface area contributed by atoms with Gasteiger partial charge in [-0.05, 0) is 44.4 Å². The van der Waals surface area contributed by atoms with Crippen molar-refractivity contribution in [3.05, 3.63) is 74.8 Å². The van der Waals surface area contributed by atoms with E-state index in [-0.39, 0.29) is 16.0 Å². The lowest BCUT2D eigenvalue weighted by Gasteiger charge is -2.41. The zero-order valence-electron chi connectivity index (χ0n) is 19.3. The standard InChI is InChI=1S/C23H26N2O6S2/c1-14-9-11-17(12-10-14)33(28,29)24(4)25-15(2)19(22(26)30-5)21(18-8-7-13-32-18)20(16(25)3)23(27)31-6/h7-13,21H,1-6H3. The number of benzene rings is 1. The van der Waals surface area contributed by atoms with Crippen molar-refractivity contribution < 1.29 is 27.5 Å². The molecule has 176 valence electrons. The molecule has 0 saturated carbocycles. The highest BCUT2D eigenvalue weighted by Crippen LogP contribution is 2.45. The minimum atomic E-state index is -4.01. The first kappa shape index (κ1) is 24.7. The minimum Gasteiger partial charge on any atom is -0.466 e. The van der Waals surface area contributed by atoms with E-state index in [1.165, 1.54) is 49.7 Å². The number of thiophene rings is 1. The number of methoxy groups -OCH3 is 2. The largest absolute Gasteiger partial charge is 0.466 e. The topological polar surface area (TPSA) is 93.2 Å². The molecule has 1 aromatic carbocycles. The normalized spacial score (nSPS) is 15.3. The van der Waals surface area contributed by atoms with Gasteiger partial charge in [0.25, 0.3) is 10.0 Å². The molecule has 0 spiro atoms. The van der Waals surface area contributed by atoms with Crippen molar-refractivity contribution in [1.29, 1.82) is 0 Å². The number of hydrazine groups is 1. The molecule has 3 rings (SSSR count).